The average molecular weight is 293 g/mol. The van der Waals surface area contributed by atoms with Crippen molar-refractivity contribution < 1.29 is 4.74 Å². The average Bonchev–Trinajstić information content (AvgIpc) is 2.99. The number of nitrogens with one attached hydrogen (secondary N) is 2. The molecule has 0 aromatic carbocycles. The first kappa shape index (κ1) is 14.7. The third kappa shape index (κ3) is 3.89. The van der Waals surface area contributed by atoms with Crippen LogP contribution in [0.15, 0.2) is 22.9 Å². The van der Waals surface area contributed by atoms with Crippen molar-refractivity contribution in [2.75, 3.05) is 17.3 Å². The molecule has 2 rings (SSSR count). The normalized spacial score (nSPS) is 12.2. The molecule has 4 N–H and O–H groups in total. The highest BCUT2D eigenvalue weighted by atomic mass is 32.1. The summed E-state index contributed by atoms with van der Waals surface area (Å²) >= 11 is 1.68. The Morgan fingerprint density at radius 2 is 2.20 bits per heavy atom. The van der Waals surface area contributed by atoms with Crippen LogP contribution < -0.4 is 16.6 Å². The van der Waals surface area contributed by atoms with Crippen molar-refractivity contribution in [1.82, 2.24) is 9.97 Å². The minimum Gasteiger partial charge on any atom is -0.374 e. The van der Waals surface area contributed by atoms with Crippen LogP contribution >= 0.6 is 11.3 Å². The number of thiophene rings is 1. The maximum Gasteiger partial charge on any atom is 0.158 e. The van der Waals surface area contributed by atoms with Gasteiger partial charge in [-0.25, -0.2) is 15.8 Å². The van der Waals surface area contributed by atoms with Crippen molar-refractivity contribution in [1.29, 1.82) is 0 Å². The fourth-order valence-corrected chi connectivity index (χ4v) is 2.48. The first-order valence-corrected chi connectivity index (χ1v) is 7.38. The van der Waals surface area contributed by atoms with Crippen molar-refractivity contribution in [3.63, 3.8) is 0 Å². The van der Waals surface area contributed by atoms with E-state index in [9.17, 15) is 0 Å². The molecule has 0 saturated heterocycles. The van der Waals surface area contributed by atoms with Gasteiger partial charge in [-0.15, -0.1) is 0 Å². The number of anilines is 2. The van der Waals surface area contributed by atoms with E-state index < -0.39 is 0 Å². The third-order valence-corrected chi connectivity index (χ3v) is 3.46. The Kier molecular flexibility index (Phi) is 5.28. The molecule has 0 aliphatic carbocycles. The van der Waals surface area contributed by atoms with Crippen LogP contribution in [-0.2, 0) is 11.3 Å². The molecular formula is C13H19N5OS. The lowest BCUT2D eigenvalue weighted by Gasteiger charge is -2.15. The van der Waals surface area contributed by atoms with E-state index >= 15 is 0 Å². The molecule has 1 unspecified atom stereocenters. The van der Waals surface area contributed by atoms with Crippen LogP contribution in [0.1, 0.15) is 31.3 Å². The van der Waals surface area contributed by atoms with Crippen LogP contribution in [0.2, 0.25) is 0 Å². The van der Waals surface area contributed by atoms with Gasteiger partial charge in [0.2, 0.25) is 0 Å². The molecule has 0 spiro atoms. The SMILES string of the molecule is CCOCc1nc(NN)cc(NC(C)c2ccsc2)n1. The first-order valence-electron chi connectivity index (χ1n) is 6.44. The fourth-order valence-electron chi connectivity index (χ4n) is 1.73. The molecule has 6 nitrogen and oxygen atoms in total. The highest BCUT2D eigenvalue weighted by Crippen LogP contribution is 2.21. The predicted octanol–water partition coefficient (Wildman–Crippen LogP) is 2.53. The zero-order valence-electron chi connectivity index (χ0n) is 11.6. The van der Waals surface area contributed by atoms with Gasteiger partial charge in [0.25, 0.3) is 0 Å². The summed E-state index contributed by atoms with van der Waals surface area (Å²) in [5.74, 6) is 7.32. The summed E-state index contributed by atoms with van der Waals surface area (Å²) in [6.45, 7) is 5.01. The molecule has 0 saturated carbocycles. The summed E-state index contributed by atoms with van der Waals surface area (Å²) in [6, 6.07) is 4.03. The predicted molar refractivity (Wildman–Crippen MR) is 81.5 cm³/mol. The Morgan fingerprint density at radius 1 is 1.40 bits per heavy atom. The van der Waals surface area contributed by atoms with Crippen LogP contribution in [0.5, 0.6) is 0 Å². The molecule has 1 atom stereocenters. The van der Waals surface area contributed by atoms with Gasteiger partial charge in [-0.3, -0.25) is 0 Å². The van der Waals surface area contributed by atoms with Gasteiger partial charge < -0.3 is 15.5 Å². The summed E-state index contributed by atoms with van der Waals surface area (Å²) in [5, 5.41) is 7.51. The number of nitrogen functional groups attached to an aromatic ring is 1. The molecule has 0 amide bonds. The molecule has 20 heavy (non-hydrogen) atoms. The molecule has 0 aliphatic rings. The van der Waals surface area contributed by atoms with Gasteiger partial charge in [0.1, 0.15) is 18.2 Å². The third-order valence-electron chi connectivity index (χ3n) is 2.76. The molecule has 2 heterocycles. The van der Waals surface area contributed by atoms with Crippen LogP contribution in [0.25, 0.3) is 0 Å². The Morgan fingerprint density at radius 3 is 2.85 bits per heavy atom. The van der Waals surface area contributed by atoms with E-state index in [1.54, 1.807) is 17.4 Å². The molecule has 2 aromatic rings. The fraction of sp³-hybridized carbons (Fsp3) is 0.385. The number of rotatable bonds is 7. The number of aromatic nitrogens is 2. The zero-order valence-corrected chi connectivity index (χ0v) is 12.4. The van der Waals surface area contributed by atoms with Crippen LogP contribution in [0, 0.1) is 0 Å². The summed E-state index contributed by atoms with van der Waals surface area (Å²) in [7, 11) is 0. The van der Waals surface area contributed by atoms with Crippen LogP contribution in [0.3, 0.4) is 0 Å². The molecule has 108 valence electrons. The van der Waals surface area contributed by atoms with Gasteiger partial charge in [-0.05, 0) is 36.2 Å². The summed E-state index contributed by atoms with van der Waals surface area (Å²) < 4.78 is 5.33. The minimum atomic E-state index is 0.168. The monoisotopic (exact) mass is 293 g/mol. The van der Waals surface area contributed by atoms with Crippen molar-refractivity contribution in [2.24, 2.45) is 5.84 Å². The Balaban J connectivity index is 2.13. The lowest BCUT2D eigenvalue weighted by molar-refractivity contribution is 0.128. The number of hydrogen-bond acceptors (Lipinski definition) is 7. The number of ether oxygens (including phenoxy) is 1. The van der Waals surface area contributed by atoms with Crippen molar-refractivity contribution in [3.05, 3.63) is 34.3 Å². The molecular weight excluding hydrogens is 274 g/mol. The van der Waals surface area contributed by atoms with Gasteiger partial charge in [0.05, 0.1) is 6.04 Å². The van der Waals surface area contributed by atoms with Crippen LogP contribution in [-0.4, -0.2) is 16.6 Å². The van der Waals surface area contributed by atoms with Gasteiger partial charge in [-0.2, -0.15) is 11.3 Å². The van der Waals surface area contributed by atoms with Gasteiger partial charge in [0, 0.05) is 12.7 Å². The van der Waals surface area contributed by atoms with Crippen molar-refractivity contribution in [3.8, 4) is 0 Å². The smallest absolute Gasteiger partial charge is 0.158 e. The molecule has 0 bridgehead atoms. The molecule has 0 aliphatic heterocycles. The lowest BCUT2D eigenvalue weighted by atomic mass is 10.2. The lowest BCUT2D eigenvalue weighted by Crippen LogP contribution is -2.14. The van der Waals surface area contributed by atoms with Gasteiger partial charge >= 0.3 is 0 Å². The number of nitrogens with two attached hydrogens (primary N) is 1. The van der Waals surface area contributed by atoms with Gasteiger partial charge in [0.15, 0.2) is 5.82 Å². The molecule has 0 radical (unpaired) electrons. The van der Waals surface area contributed by atoms with E-state index in [0.717, 1.165) is 5.82 Å². The second kappa shape index (κ2) is 7.18. The molecule has 7 heteroatoms. The number of nitrogens with zero attached hydrogens (tertiary/aromatic N) is 2. The molecule has 0 fully saturated rings. The van der Waals surface area contributed by atoms with Gasteiger partial charge in [-0.1, -0.05) is 0 Å². The van der Waals surface area contributed by atoms with E-state index in [0.29, 0.717) is 24.9 Å². The van der Waals surface area contributed by atoms with E-state index in [2.05, 4.69) is 44.5 Å². The Bertz CT molecular complexity index is 532. The maximum absolute atomic E-state index is 5.43. The number of hydrogen-bond donors (Lipinski definition) is 3. The van der Waals surface area contributed by atoms with Crippen molar-refractivity contribution >= 4 is 23.0 Å². The zero-order chi connectivity index (χ0) is 14.4. The topological polar surface area (TPSA) is 85.1 Å². The maximum atomic E-state index is 5.43. The van der Waals surface area contributed by atoms with Crippen molar-refractivity contribution in [2.45, 2.75) is 26.5 Å². The van der Waals surface area contributed by atoms with E-state index in [4.69, 9.17) is 10.6 Å². The summed E-state index contributed by atoms with van der Waals surface area (Å²) in [6.07, 6.45) is 0. The summed E-state index contributed by atoms with van der Waals surface area (Å²) in [4.78, 5) is 8.68. The first-order chi connectivity index (χ1) is 9.72. The highest BCUT2D eigenvalue weighted by Gasteiger charge is 2.09. The van der Waals surface area contributed by atoms with Crippen LogP contribution in [0.4, 0.5) is 11.6 Å². The highest BCUT2D eigenvalue weighted by molar-refractivity contribution is 7.07. The second-order valence-corrected chi connectivity index (χ2v) is 5.04. The molecule has 2 aromatic heterocycles. The number of hydrazine groups is 1. The van der Waals surface area contributed by atoms with E-state index in [1.165, 1.54) is 5.56 Å². The Labute approximate surface area is 122 Å². The largest absolute Gasteiger partial charge is 0.374 e. The summed E-state index contributed by atoms with van der Waals surface area (Å²) in [5.41, 5.74) is 3.77. The van der Waals surface area contributed by atoms with E-state index in [-0.39, 0.29) is 6.04 Å². The standard InChI is InChI=1S/C13H19N5OS/c1-3-19-7-13-16-11(6-12(17-13)18-14)15-9(2)10-4-5-20-8-10/h4-6,8-9H,3,7,14H2,1-2H3,(H2,15,16,17,18). The quantitative estimate of drug-likeness (QED) is 0.537. The Hall–Kier alpha value is -1.70. The van der Waals surface area contributed by atoms with E-state index in [1.807, 2.05) is 6.92 Å². The second-order valence-electron chi connectivity index (χ2n) is 4.26. The minimum absolute atomic E-state index is 0.168.